The van der Waals surface area contributed by atoms with E-state index >= 15 is 0 Å². The molecule has 0 radical (unpaired) electrons. The molecule has 2 aliphatic rings. The fourth-order valence-electron chi connectivity index (χ4n) is 3.14. The smallest absolute Gasteiger partial charge is 0.223 e. The molecular weight excluding hydrogens is 268 g/mol. The molecule has 2 heterocycles. The summed E-state index contributed by atoms with van der Waals surface area (Å²) in [4.78, 5) is 13.8. The van der Waals surface area contributed by atoms with Crippen LogP contribution in [0.15, 0.2) is 18.2 Å². The molecule has 5 heteroatoms. The van der Waals surface area contributed by atoms with Gasteiger partial charge < -0.3 is 14.7 Å². The van der Waals surface area contributed by atoms with Crippen LogP contribution in [0.1, 0.15) is 43.9 Å². The van der Waals surface area contributed by atoms with Crippen LogP contribution >= 0.6 is 0 Å². The lowest BCUT2D eigenvalue weighted by atomic mass is 9.85. The van der Waals surface area contributed by atoms with E-state index < -0.39 is 17.7 Å². The van der Waals surface area contributed by atoms with Crippen LogP contribution in [-0.2, 0) is 4.79 Å². The number of aliphatic hydroxyl groups is 1. The first-order valence-electron chi connectivity index (χ1n) is 7.14. The molecule has 1 fully saturated rings. The van der Waals surface area contributed by atoms with Crippen molar-refractivity contribution in [3.8, 4) is 11.8 Å². The first-order chi connectivity index (χ1) is 9.94. The molecule has 0 spiro atoms. The minimum absolute atomic E-state index is 0.0464. The van der Waals surface area contributed by atoms with Crippen LogP contribution in [0.25, 0.3) is 0 Å². The third-order valence-electron chi connectivity index (χ3n) is 4.29. The average molecular weight is 286 g/mol. The summed E-state index contributed by atoms with van der Waals surface area (Å²) in [5.41, 5.74) is 0.436. The first kappa shape index (κ1) is 13.9. The van der Waals surface area contributed by atoms with E-state index in [2.05, 4.69) is 6.07 Å². The topological polar surface area (TPSA) is 73.6 Å². The van der Waals surface area contributed by atoms with Crippen molar-refractivity contribution >= 4 is 5.91 Å². The number of nitriles is 1. The van der Waals surface area contributed by atoms with E-state index in [9.17, 15) is 9.90 Å². The zero-order chi connectivity index (χ0) is 15.2. The number of rotatable bonds is 1. The van der Waals surface area contributed by atoms with E-state index in [1.807, 2.05) is 13.8 Å². The van der Waals surface area contributed by atoms with Crippen molar-refractivity contribution in [2.45, 2.75) is 44.4 Å². The molecule has 0 aliphatic carbocycles. The average Bonchev–Trinajstić information content (AvgIpc) is 2.86. The van der Waals surface area contributed by atoms with Gasteiger partial charge in [-0.15, -0.1) is 0 Å². The van der Waals surface area contributed by atoms with Gasteiger partial charge in [0.15, 0.2) is 0 Å². The predicted molar refractivity (Wildman–Crippen MR) is 75.6 cm³/mol. The van der Waals surface area contributed by atoms with Crippen molar-refractivity contribution in [1.29, 1.82) is 5.26 Å². The number of amides is 1. The number of fused-ring (bicyclic) bond motifs is 1. The van der Waals surface area contributed by atoms with E-state index in [1.165, 1.54) is 0 Å². The van der Waals surface area contributed by atoms with Gasteiger partial charge in [-0.05, 0) is 38.5 Å². The Morgan fingerprint density at radius 2 is 2.24 bits per heavy atom. The fourth-order valence-corrected chi connectivity index (χ4v) is 3.14. The maximum atomic E-state index is 12.1. The maximum Gasteiger partial charge on any atom is 0.223 e. The Balaban J connectivity index is 2.12. The van der Waals surface area contributed by atoms with Gasteiger partial charge in [-0.25, -0.2) is 0 Å². The number of nitrogens with zero attached hydrogens (tertiary/aromatic N) is 2. The molecule has 1 aromatic rings. The number of ether oxygens (including phenoxy) is 1. The summed E-state index contributed by atoms with van der Waals surface area (Å²) in [5, 5.41) is 19.8. The third kappa shape index (κ3) is 2.16. The van der Waals surface area contributed by atoms with Crippen molar-refractivity contribution in [2.24, 2.45) is 0 Å². The first-order valence-corrected chi connectivity index (χ1v) is 7.14. The molecule has 2 aliphatic heterocycles. The van der Waals surface area contributed by atoms with Gasteiger partial charge in [-0.1, -0.05) is 0 Å². The maximum absolute atomic E-state index is 12.1. The molecule has 0 bridgehead atoms. The Kier molecular flexibility index (Phi) is 3.14. The Hall–Kier alpha value is -2.06. The number of carbonyl (C=O) groups excluding carboxylic acids is 1. The molecule has 1 aromatic carbocycles. The minimum Gasteiger partial charge on any atom is -0.485 e. The standard InChI is InChI=1S/C16H18N2O3/c1-16(2)15(20)14(18-7-3-4-13(18)19)11-8-10(9-17)5-6-12(11)21-16/h5-6,8,14-15,20H,3-4,7H2,1-2H3/t14-,15?/m1/s1. The zero-order valence-electron chi connectivity index (χ0n) is 12.2. The summed E-state index contributed by atoms with van der Waals surface area (Å²) in [6.07, 6.45) is 0.481. The lowest BCUT2D eigenvalue weighted by Crippen LogP contribution is -2.53. The summed E-state index contributed by atoms with van der Waals surface area (Å²) in [7, 11) is 0. The van der Waals surface area contributed by atoms with Gasteiger partial charge in [0, 0.05) is 18.5 Å². The quantitative estimate of drug-likeness (QED) is 0.853. The van der Waals surface area contributed by atoms with Crippen LogP contribution in [0.4, 0.5) is 0 Å². The molecule has 3 rings (SSSR count). The highest BCUT2D eigenvalue weighted by atomic mass is 16.5. The lowest BCUT2D eigenvalue weighted by molar-refractivity contribution is -0.139. The van der Waals surface area contributed by atoms with Crippen LogP contribution in [0.5, 0.6) is 5.75 Å². The molecule has 5 nitrogen and oxygen atoms in total. The second-order valence-electron chi connectivity index (χ2n) is 6.15. The van der Waals surface area contributed by atoms with Crippen LogP contribution in [0, 0.1) is 11.3 Å². The van der Waals surface area contributed by atoms with Crippen molar-refractivity contribution < 1.29 is 14.6 Å². The molecule has 110 valence electrons. The molecule has 1 unspecified atom stereocenters. The van der Waals surface area contributed by atoms with Crippen molar-refractivity contribution in [3.63, 3.8) is 0 Å². The number of hydrogen-bond donors (Lipinski definition) is 1. The number of benzene rings is 1. The van der Waals surface area contributed by atoms with Gasteiger partial charge in [-0.3, -0.25) is 4.79 Å². The summed E-state index contributed by atoms with van der Waals surface area (Å²) in [5.74, 6) is 0.680. The Bertz CT molecular complexity index is 633. The number of aliphatic hydroxyl groups excluding tert-OH is 1. The highest BCUT2D eigenvalue weighted by Gasteiger charge is 2.47. The molecule has 0 aromatic heterocycles. The summed E-state index contributed by atoms with van der Waals surface area (Å²) >= 11 is 0. The molecular formula is C16H18N2O3. The minimum atomic E-state index is -0.832. The van der Waals surface area contributed by atoms with E-state index in [0.717, 1.165) is 12.0 Å². The zero-order valence-corrected chi connectivity index (χ0v) is 12.2. The van der Waals surface area contributed by atoms with Crippen LogP contribution in [0.3, 0.4) is 0 Å². The molecule has 21 heavy (non-hydrogen) atoms. The Labute approximate surface area is 123 Å². The molecule has 1 amide bonds. The van der Waals surface area contributed by atoms with Gasteiger partial charge in [0.05, 0.1) is 17.7 Å². The van der Waals surface area contributed by atoms with Gasteiger partial charge in [0.2, 0.25) is 5.91 Å². The number of hydrogen-bond acceptors (Lipinski definition) is 4. The summed E-state index contributed by atoms with van der Waals surface area (Å²) < 4.78 is 5.86. The number of carbonyl (C=O) groups is 1. The molecule has 0 saturated carbocycles. The highest BCUT2D eigenvalue weighted by molar-refractivity contribution is 5.79. The summed E-state index contributed by atoms with van der Waals surface area (Å²) in [6.45, 7) is 4.26. The predicted octanol–water partition coefficient (Wildman–Crippen LogP) is 1.75. The Morgan fingerprint density at radius 3 is 2.86 bits per heavy atom. The SMILES string of the molecule is CC1(C)Oc2ccc(C#N)cc2[C@@H](N2CCCC2=O)C1O. The second-order valence-corrected chi connectivity index (χ2v) is 6.15. The normalized spacial score (nSPS) is 27.0. The fraction of sp³-hybridized carbons (Fsp3) is 0.500. The van der Waals surface area contributed by atoms with Gasteiger partial charge in [-0.2, -0.15) is 5.26 Å². The second kappa shape index (κ2) is 4.74. The van der Waals surface area contributed by atoms with E-state index in [4.69, 9.17) is 10.00 Å². The largest absolute Gasteiger partial charge is 0.485 e. The van der Waals surface area contributed by atoms with Crippen molar-refractivity contribution in [2.75, 3.05) is 6.54 Å². The lowest BCUT2D eigenvalue weighted by Gasteiger charge is -2.45. The van der Waals surface area contributed by atoms with Gasteiger partial charge >= 0.3 is 0 Å². The van der Waals surface area contributed by atoms with Crippen LogP contribution < -0.4 is 4.74 Å². The monoisotopic (exact) mass is 286 g/mol. The van der Waals surface area contributed by atoms with Crippen molar-refractivity contribution in [1.82, 2.24) is 4.90 Å². The summed E-state index contributed by atoms with van der Waals surface area (Å²) in [6, 6.07) is 6.79. The number of likely N-dealkylation sites (tertiary alicyclic amines) is 1. The van der Waals surface area contributed by atoms with Crippen molar-refractivity contribution in [3.05, 3.63) is 29.3 Å². The van der Waals surface area contributed by atoms with Crippen LogP contribution in [0.2, 0.25) is 0 Å². The molecule has 1 N–H and O–H groups in total. The Morgan fingerprint density at radius 1 is 1.48 bits per heavy atom. The van der Waals surface area contributed by atoms with Gasteiger partial charge in [0.25, 0.3) is 0 Å². The molecule has 2 atom stereocenters. The highest BCUT2D eigenvalue weighted by Crippen LogP contribution is 2.44. The third-order valence-corrected chi connectivity index (χ3v) is 4.29. The van der Waals surface area contributed by atoms with Gasteiger partial charge in [0.1, 0.15) is 17.5 Å². The van der Waals surface area contributed by atoms with E-state index in [-0.39, 0.29) is 5.91 Å². The molecule has 1 saturated heterocycles. The van der Waals surface area contributed by atoms with E-state index in [0.29, 0.717) is 24.3 Å². The van der Waals surface area contributed by atoms with Crippen LogP contribution in [-0.4, -0.2) is 34.2 Å². The van der Waals surface area contributed by atoms with E-state index in [1.54, 1.807) is 23.1 Å².